The Morgan fingerprint density at radius 3 is 2.63 bits per heavy atom. The molecule has 1 fully saturated rings. The van der Waals surface area contributed by atoms with E-state index in [1.165, 1.54) is 5.56 Å². The minimum atomic E-state index is -0.532. The van der Waals surface area contributed by atoms with E-state index in [1.807, 2.05) is 44.3 Å². The molecule has 1 aliphatic rings. The number of hydrogen-bond acceptors (Lipinski definition) is 4. The lowest BCUT2D eigenvalue weighted by Crippen LogP contribution is -2.38. The quantitative estimate of drug-likeness (QED) is 0.363. The van der Waals surface area contributed by atoms with Gasteiger partial charge in [-0.05, 0) is 50.5 Å². The van der Waals surface area contributed by atoms with Crippen molar-refractivity contribution >= 4 is 23.1 Å². The Bertz CT molecular complexity index is 1130. The molecule has 30 heavy (non-hydrogen) atoms. The van der Waals surface area contributed by atoms with Crippen molar-refractivity contribution in [1.82, 2.24) is 14.6 Å². The van der Waals surface area contributed by atoms with E-state index in [4.69, 9.17) is 22.6 Å². The predicted molar refractivity (Wildman–Crippen MR) is 119 cm³/mol. The Morgan fingerprint density at radius 1 is 1.27 bits per heavy atom. The first-order valence-corrected chi connectivity index (χ1v) is 10.6. The second-order valence-corrected chi connectivity index (χ2v) is 8.82. The van der Waals surface area contributed by atoms with Gasteiger partial charge in [-0.2, -0.15) is 5.26 Å². The van der Waals surface area contributed by atoms with Crippen molar-refractivity contribution in [3.05, 3.63) is 64.6 Å². The van der Waals surface area contributed by atoms with Gasteiger partial charge in [0.05, 0.1) is 29.9 Å². The van der Waals surface area contributed by atoms with Gasteiger partial charge < -0.3 is 5.73 Å². The number of pyridine rings is 1. The maximum Gasteiger partial charge on any atom is 0.165 e. The fraction of sp³-hybridized carbons (Fsp3) is 0.391. The molecule has 4 rings (SSSR count). The fourth-order valence-corrected chi connectivity index (χ4v) is 4.36. The molecule has 0 unspecified atom stereocenters. The summed E-state index contributed by atoms with van der Waals surface area (Å²) in [4.78, 5) is 4.41. The number of rotatable bonds is 6. The molecule has 1 aliphatic carbocycles. The monoisotopic (exact) mass is 420 g/mol. The number of aliphatic imine (C=N–C) groups is 1. The largest absolute Gasteiger partial charge is 0.387 e. The van der Waals surface area contributed by atoms with E-state index >= 15 is 0 Å². The van der Waals surface area contributed by atoms with Gasteiger partial charge in [0.2, 0.25) is 0 Å². The molecule has 6 nitrogen and oxygen atoms in total. The standard InChI is InChI=1S/C23H25ClN6/c1-22(2,20(26)27-14-5-13-25)18-6-3-15-30-19(18)28-29-21(30)23(11-4-12-23)16-7-9-17(24)10-8-16/h3,6-10,15H,4-5,11-12,14H2,1-2H3,(H2,26,27). The summed E-state index contributed by atoms with van der Waals surface area (Å²) in [5.41, 5.74) is 8.61. The summed E-state index contributed by atoms with van der Waals surface area (Å²) in [5, 5.41) is 18.7. The van der Waals surface area contributed by atoms with E-state index in [-0.39, 0.29) is 5.41 Å². The summed E-state index contributed by atoms with van der Waals surface area (Å²) in [6.45, 7) is 4.45. The summed E-state index contributed by atoms with van der Waals surface area (Å²) in [5.74, 6) is 1.44. The number of amidine groups is 1. The maximum absolute atomic E-state index is 8.77. The van der Waals surface area contributed by atoms with Crippen molar-refractivity contribution in [2.45, 2.75) is 50.4 Å². The van der Waals surface area contributed by atoms with Gasteiger partial charge in [0.25, 0.3) is 0 Å². The minimum Gasteiger partial charge on any atom is -0.387 e. The van der Waals surface area contributed by atoms with Gasteiger partial charge in [0, 0.05) is 16.8 Å². The summed E-state index contributed by atoms with van der Waals surface area (Å²) >= 11 is 6.11. The van der Waals surface area contributed by atoms with Crippen LogP contribution in [0.2, 0.25) is 5.02 Å². The summed E-state index contributed by atoms with van der Waals surface area (Å²) in [6.07, 6.45) is 5.58. The molecule has 1 aromatic carbocycles. The molecule has 0 saturated heterocycles. The summed E-state index contributed by atoms with van der Waals surface area (Å²) in [6, 6.07) is 14.2. The van der Waals surface area contributed by atoms with Crippen LogP contribution in [-0.4, -0.2) is 27.0 Å². The minimum absolute atomic E-state index is 0.154. The van der Waals surface area contributed by atoms with E-state index in [1.54, 1.807) is 0 Å². The Hall–Kier alpha value is -2.91. The molecule has 7 heteroatoms. The van der Waals surface area contributed by atoms with Crippen molar-refractivity contribution in [3.63, 3.8) is 0 Å². The Kier molecular flexibility index (Phi) is 5.25. The van der Waals surface area contributed by atoms with Crippen LogP contribution in [0.1, 0.15) is 56.5 Å². The van der Waals surface area contributed by atoms with E-state index in [2.05, 4.69) is 37.8 Å². The van der Waals surface area contributed by atoms with Crippen LogP contribution in [0.15, 0.2) is 47.6 Å². The zero-order valence-electron chi connectivity index (χ0n) is 17.3. The lowest BCUT2D eigenvalue weighted by atomic mass is 9.64. The Labute approximate surface area is 181 Å². The summed E-state index contributed by atoms with van der Waals surface area (Å²) in [7, 11) is 0. The van der Waals surface area contributed by atoms with Crippen molar-refractivity contribution in [2.24, 2.45) is 10.7 Å². The number of nitrogens with zero attached hydrogens (tertiary/aromatic N) is 5. The maximum atomic E-state index is 8.77. The molecular formula is C23H25ClN6. The van der Waals surface area contributed by atoms with Crippen LogP contribution >= 0.6 is 11.6 Å². The highest BCUT2D eigenvalue weighted by Gasteiger charge is 2.44. The number of fused-ring (bicyclic) bond motifs is 1. The highest BCUT2D eigenvalue weighted by Crippen LogP contribution is 2.48. The van der Waals surface area contributed by atoms with Gasteiger partial charge in [0.15, 0.2) is 5.65 Å². The van der Waals surface area contributed by atoms with Crippen LogP contribution in [0.5, 0.6) is 0 Å². The average molecular weight is 421 g/mol. The third-order valence-corrected chi connectivity index (χ3v) is 6.54. The van der Waals surface area contributed by atoms with Gasteiger partial charge >= 0.3 is 0 Å². The topological polar surface area (TPSA) is 92.4 Å². The Balaban J connectivity index is 1.80. The third kappa shape index (κ3) is 3.23. The van der Waals surface area contributed by atoms with E-state index in [9.17, 15) is 0 Å². The second-order valence-electron chi connectivity index (χ2n) is 8.38. The molecule has 0 bridgehead atoms. The predicted octanol–water partition coefficient (Wildman–Crippen LogP) is 4.40. The smallest absolute Gasteiger partial charge is 0.165 e. The van der Waals surface area contributed by atoms with Crippen molar-refractivity contribution < 1.29 is 0 Å². The molecule has 2 N–H and O–H groups in total. The van der Waals surface area contributed by atoms with Gasteiger partial charge in [-0.25, -0.2) is 0 Å². The van der Waals surface area contributed by atoms with Crippen molar-refractivity contribution in [1.29, 1.82) is 5.26 Å². The number of aromatic nitrogens is 3. The van der Waals surface area contributed by atoms with E-state index in [0.717, 1.165) is 41.3 Å². The van der Waals surface area contributed by atoms with Crippen molar-refractivity contribution in [2.75, 3.05) is 6.54 Å². The molecular weight excluding hydrogens is 396 g/mol. The van der Waals surface area contributed by atoms with Gasteiger partial charge in [0.1, 0.15) is 11.7 Å². The number of hydrogen-bond donors (Lipinski definition) is 1. The van der Waals surface area contributed by atoms with Gasteiger partial charge in [-0.15, -0.1) is 10.2 Å². The first-order chi connectivity index (χ1) is 14.4. The van der Waals surface area contributed by atoms with Crippen LogP contribution in [-0.2, 0) is 10.8 Å². The Morgan fingerprint density at radius 2 is 2.00 bits per heavy atom. The molecule has 0 radical (unpaired) electrons. The normalized spacial score (nSPS) is 16.3. The molecule has 0 amide bonds. The van der Waals surface area contributed by atoms with Crippen LogP contribution < -0.4 is 5.73 Å². The molecule has 2 heterocycles. The van der Waals surface area contributed by atoms with Gasteiger partial charge in [-0.3, -0.25) is 9.39 Å². The van der Waals surface area contributed by atoms with Crippen LogP contribution in [0.25, 0.3) is 5.65 Å². The van der Waals surface area contributed by atoms with Crippen LogP contribution in [0, 0.1) is 11.3 Å². The first kappa shape index (κ1) is 20.4. The molecule has 154 valence electrons. The van der Waals surface area contributed by atoms with Crippen LogP contribution in [0.4, 0.5) is 0 Å². The molecule has 0 atom stereocenters. The van der Waals surface area contributed by atoms with Crippen molar-refractivity contribution in [3.8, 4) is 6.07 Å². The van der Waals surface area contributed by atoms with E-state index < -0.39 is 5.41 Å². The molecule has 0 spiro atoms. The number of benzene rings is 1. The fourth-order valence-electron chi connectivity index (χ4n) is 4.23. The summed E-state index contributed by atoms with van der Waals surface area (Å²) < 4.78 is 2.09. The molecule has 1 saturated carbocycles. The lowest BCUT2D eigenvalue weighted by molar-refractivity contribution is 0.283. The molecule has 3 aromatic rings. The average Bonchev–Trinajstić information content (AvgIpc) is 3.13. The van der Waals surface area contributed by atoms with Crippen LogP contribution in [0.3, 0.4) is 0 Å². The SMILES string of the molecule is CC(C)(C(N)=NCCC#N)c1cccn2c(C3(c4ccc(Cl)cc4)CCC3)nnc12. The number of nitrogens with two attached hydrogens (primary N) is 1. The highest BCUT2D eigenvalue weighted by molar-refractivity contribution is 6.30. The lowest BCUT2D eigenvalue weighted by Gasteiger charge is -2.41. The van der Waals surface area contributed by atoms with E-state index in [0.29, 0.717) is 18.8 Å². The van der Waals surface area contributed by atoms with Gasteiger partial charge in [-0.1, -0.05) is 36.2 Å². The second kappa shape index (κ2) is 7.73. The number of nitriles is 1. The molecule has 0 aliphatic heterocycles. The third-order valence-electron chi connectivity index (χ3n) is 6.29. The molecule has 2 aromatic heterocycles. The highest BCUT2D eigenvalue weighted by atomic mass is 35.5. The first-order valence-electron chi connectivity index (χ1n) is 10.2. The number of halogens is 1. The zero-order valence-corrected chi connectivity index (χ0v) is 18.0. The zero-order chi connectivity index (χ0) is 21.4.